The number of ether oxygens (including phenoxy) is 6. The fraction of sp³-hybridized carbons (Fsp3) is 0.472. The van der Waals surface area contributed by atoms with Gasteiger partial charge in [-0.05, 0) is 37.5 Å². The van der Waals surface area contributed by atoms with Gasteiger partial charge in [0.15, 0.2) is 6.29 Å². The molecule has 250 valence electrons. The van der Waals surface area contributed by atoms with Crippen LogP contribution >= 0.6 is 0 Å². The van der Waals surface area contributed by atoms with Gasteiger partial charge in [0.1, 0.15) is 43.2 Å². The summed E-state index contributed by atoms with van der Waals surface area (Å²) < 4.78 is 36.7. The molecule has 3 aromatic carbocycles. The van der Waals surface area contributed by atoms with Crippen LogP contribution in [0.25, 0.3) is 0 Å². The first-order valence-corrected chi connectivity index (χ1v) is 15.5. The second kappa shape index (κ2) is 17.7. The van der Waals surface area contributed by atoms with E-state index in [1.807, 2.05) is 91.0 Å². The van der Waals surface area contributed by atoms with Gasteiger partial charge in [-0.3, -0.25) is 4.79 Å². The highest BCUT2D eigenvalue weighted by molar-refractivity contribution is 5.75. The van der Waals surface area contributed by atoms with Crippen LogP contribution in [0.1, 0.15) is 37.5 Å². The van der Waals surface area contributed by atoms with Crippen LogP contribution in [0.4, 0.5) is 0 Å². The summed E-state index contributed by atoms with van der Waals surface area (Å²) in [5.74, 6) is -0.396. The summed E-state index contributed by atoms with van der Waals surface area (Å²) in [6, 6.07) is 28.8. The lowest BCUT2D eigenvalue weighted by atomic mass is 9.97. The number of hydrogen-bond acceptors (Lipinski definition) is 10. The van der Waals surface area contributed by atoms with Crippen molar-refractivity contribution >= 4 is 5.97 Å². The van der Waals surface area contributed by atoms with Crippen molar-refractivity contribution in [3.63, 3.8) is 0 Å². The monoisotopic (exact) mass is 638 g/mol. The largest absolute Gasteiger partial charge is 0.462 e. The van der Waals surface area contributed by atoms with Crippen LogP contribution in [0.2, 0.25) is 0 Å². The quantitative estimate of drug-likeness (QED) is 0.188. The SMILES string of the molecule is CC(C)(C)C(=O)OC[C@@H](OCc1ccccc1)[C@@H](OCc1ccccc1)[C@H](CO[C@@H]1O[C@H](CO)[C@@H](O)[C@H]1O)OCc1ccccc1. The first-order valence-electron chi connectivity index (χ1n) is 15.5. The van der Waals surface area contributed by atoms with Crippen LogP contribution in [0.3, 0.4) is 0 Å². The normalized spacial score (nSPS) is 21.9. The lowest BCUT2D eigenvalue weighted by molar-refractivity contribution is -0.218. The number of aliphatic hydroxyl groups excluding tert-OH is 3. The molecule has 46 heavy (non-hydrogen) atoms. The average molecular weight is 639 g/mol. The Morgan fingerprint density at radius 2 is 1.17 bits per heavy atom. The molecule has 0 spiro atoms. The molecular weight excluding hydrogens is 592 g/mol. The van der Waals surface area contributed by atoms with Gasteiger partial charge < -0.3 is 43.7 Å². The van der Waals surface area contributed by atoms with Crippen LogP contribution in [-0.2, 0) is 53.0 Å². The molecule has 0 amide bonds. The number of benzene rings is 3. The van der Waals surface area contributed by atoms with E-state index in [4.69, 9.17) is 28.4 Å². The second-order valence-corrected chi connectivity index (χ2v) is 12.3. The number of carbonyl (C=O) groups excluding carboxylic acids is 1. The molecule has 1 heterocycles. The van der Waals surface area contributed by atoms with Crippen LogP contribution in [0.5, 0.6) is 0 Å². The van der Waals surface area contributed by atoms with E-state index in [9.17, 15) is 20.1 Å². The summed E-state index contributed by atoms with van der Waals surface area (Å²) in [5.41, 5.74) is 1.99. The molecule has 1 aliphatic heterocycles. The fourth-order valence-corrected chi connectivity index (χ4v) is 4.82. The first kappa shape index (κ1) is 35.7. The van der Waals surface area contributed by atoms with Gasteiger partial charge in [0.2, 0.25) is 0 Å². The van der Waals surface area contributed by atoms with Crippen molar-refractivity contribution in [1.29, 1.82) is 0 Å². The summed E-state index contributed by atoms with van der Waals surface area (Å²) in [5, 5.41) is 30.4. The molecule has 1 fully saturated rings. The van der Waals surface area contributed by atoms with Crippen molar-refractivity contribution in [2.24, 2.45) is 5.41 Å². The molecule has 7 atom stereocenters. The second-order valence-electron chi connectivity index (χ2n) is 12.3. The Balaban J connectivity index is 1.63. The van der Waals surface area contributed by atoms with Crippen molar-refractivity contribution in [1.82, 2.24) is 0 Å². The van der Waals surface area contributed by atoms with Crippen LogP contribution in [0, 0.1) is 5.41 Å². The Morgan fingerprint density at radius 3 is 1.61 bits per heavy atom. The lowest BCUT2D eigenvalue weighted by Crippen LogP contribution is -2.48. The van der Waals surface area contributed by atoms with E-state index in [2.05, 4.69) is 0 Å². The minimum Gasteiger partial charge on any atom is -0.462 e. The Bertz CT molecular complexity index is 1280. The van der Waals surface area contributed by atoms with Gasteiger partial charge in [-0.15, -0.1) is 0 Å². The minimum atomic E-state index is -1.38. The summed E-state index contributed by atoms with van der Waals surface area (Å²) in [6.07, 6.45) is -7.36. The van der Waals surface area contributed by atoms with Crippen LogP contribution in [0.15, 0.2) is 91.0 Å². The third kappa shape index (κ3) is 10.7. The summed E-state index contributed by atoms with van der Waals surface area (Å²) >= 11 is 0. The molecule has 0 aromatic heterocycles. The summed E-state index contributed by atoms with van der Waals surface area (Å²) in [6.45, 7) is 5.19. The molecule has 0 aliphatic carbocycles. The predicted molar refractivity (Wildman–Crippen MR) is 169 cm³/mol. The van der Waals surface area contributed by atoms with E-state index >= 15 is 0 Å². The maximum atomic E-state index is 12.9. The highest BCUT2D eigenvalue weighted by Crippen LogP contribution is 2.25. The van der Waals surface area contributed by atoms with E-state index in [-0.39, 0.29) is 33.0 Å². The molecule has 0 saturated carbocycles. The van der Waals surface area contributed by atoms with E-state index in [0.717, 1.165) is 16.7 Å². The third-order valence-electron chi connectivity index (χ3n) is 7.55. The Labute approximate surface area is 270 Å². The smallest absolute Gasteiger partial charge is 0.311 e. The highest BCUT2D eigenvalue weighted by atomic mass is 16.7. The fourth-order valence-electron chi connectivity index (χ4n) is 4.82. The van der Waals surface area contributed by atoms with Gasteiger partial charge in [-0.25, -0.2) is 0 Å². The maximum Gasteiger partial charge on any atom is 0.311 e. The molecule has 4 rings (SSSR count). The number of aliphatic hydroxyl groups is 3. The van der Waals surface area contributed by atoms with Crippen molar-refractivity contribution in [2.45, 2.75) is 83.5 Å². The zero-order chi connectivity index (χ0) is 32.9. The molecule has 10 nitrogen and oxygen atoms in total. The number of carbonyl (C=O) groups is 1. The lowest BCUT2D eigenvalue weighted by Gasteiger charge is -2.34. The van der Waals surface area contributed by atoms with Crippen molar-refractivity contribution < 1.29 is 48.5 Å². The zero-order valence-electron chi connectivity index (χ0n) is 26.6. The van der Waals surface area contributed by atoms with Gasteiger partial charge in [0.05, 0.1) is 38.4 Å². The maximum absolute atomic E-state index is 12.9. The Hall–Kier alpha value is -3.19. The van der Waals surface area contributed by atoms with E-state index < -0.39 is 60.9 Å². The average Bonchev–Trinajstić information content (AvgIpc) is 3.35. The highest BCUT2D eigenvalue weighted by Gasteiger charge is 2.44. The number of rotatable bonds is 17. The van der Waals surface area contributed by atoms with Crippen molar-refractivity contribution in [2.75, 3.05) is 19.8 Å². The van der Waals surface area contributed by atoms with Crippen LogP contribution < -0.4 is 0 Å². The molecule has 10 heteroatoms. The van der Waals surface area contributed by atoms with Gasteiger partial charge in [0.25, 0.3) is 0 Å². The Morgan fingerprint density at radius 1 is 0.717 bits per heavy atom. The van der Waals surface area contributed by atoms with Crippen LogP contribution in [-0.4, -0.2) is 84.0 Å². The minimum absolute atomic E-state index is 0.124. The molecule has 3 aromatic rings. The molecular formula is C36H46O10. The first-order chi connectivity index (χ1) is 22.2. The van der Waals surface area contributed by atoms with Gasteiger partial charge in [-0.2, -0.15) is 0 Å². The van der Waals surface area contributed by atoms with Crippen molar-refractivity contribution in [3.8, 4) is 0 Å². The van der Waals surface area contributed by atoms with Crippen molar-refractivity contribution in [3.05, 3.63) is 108 Å². The predicted octanol–water partition coefficient (Wildman–Crippen LogP) is 3.79. The third-order valence-corrected chi connectivity index (χ3v) is 7.55. The number of hydrogen-bond donors (Lipinski definition) is 3. The van der Waals surface area contributed by atoms with Gasteiger partial charge in [-0.1, -0.05) is 91.0 Å². The summed E-state index contributed by atoms with van der Waals surface area (Å²) in [4.78, 5) is 12.9. The summed E-state index contributed by atoms with van der Waals surface area (Å²) in [7, 11) is 0. The molecule has 0 radical (unpaired) electrons. The molecule has 3 N–H and O–H groups in total. The standard InChI is InChI=1S/C36H46O10/c1-36(2,3)35(40)45-24-30(42-21-26-15-9-5-10-16-26)33(43-22-27-17-11-6-12-18-27)29(41-20-25-13-7-4-8-14-25)23-44-34-32(39)31(38)28(19-37)46-34/h4-18,28-34,37-39H,19-24H2,1-3H3/t28-,29+,30-,31-,32-,33+,34-/m1/s1. The zero-order valence-corrected chi connectivity index (χ0v) is 26.6. The van der Waals surface area contributed by atoms with E-state index in [1.165, 1.54) is 0 Å². The van der Waals surface area contributed by atoms with Gasteiger partial charge >= 0.3 is 5.97 Å². The number of esters is 1. The van der Waals surface area contributed by atoms with Gasteiger partial charge in [0, 0.05) is 0 Å². The molecule has 1 aliphatic rings. The molecule has 0 unspecified atom stereocenters. The van der Waals surface area contributed by atoms with E-state index in [0.29, 0.717) is 0 Å². The topological polar surface area (TPSA) is 133 Å². The Kier molecular flexibility index (Phi) is 13.7. The molecule has 0 bridgehead atoms. The van der Waals surface area contributed by atoms with E-state index in [1.54, 1.807) is 20.8 Å². The molecule has 1 saturated heterocycles.